The second-order valence-corrected chi connectivity index (χ2v) is 5.72. The monoisotopic (exact) mass is 312 g/mol. The Balaban J connectivity index is 0. The van der Waals surface area contributed by atoms with Crippen LogP contribution in [0.3, 0.4) is 0 Å². The van der Waals surface area contributed by atoms with Gasteiger partial charge in [0.05, 0.1) is 0 Å². The summed E-state index contributed by atoms with van der Waals surface area (Å²) in [6.45, 7) is 6.18. The Labute approximate surface area is 124 Å². The number of hydrogen-bond donors (Lipinski definition) is 2. The second-order valence-electron chi connectivity index (χ2n) is 4.83. The molecule has 6 heteroatoms. The lowest BCUT2D eigenvalue weighted by atomic mass is 10.1. The first-order valence-electron chi connectivity index (χ1n) is 7.69. The Morgan fingerprint density at radius 3 is 1.45 bits per heavy atom. The molecule has 0 rings (SSSR count). The molecule has 0 spiro atoms. The van der Waals surface area contributed by atoms with Gasteiger partial charge in [-0.1, -0.05) is 64.7 Å². The molecular weight excluding hydrogens is 280 g/mol. The zero-order valence-corrected chi connectivity index (χ0v) is 13.8. The van der Waals surface area contributed by atoms with Crippen LogP contribution in [-0.2, 0) is 15.1 Å². The van der Waals surface area contributed by atoms with Gasteiger partial charge in [0.15, 0.2) is 0 Å². The van der Waals surface area contributed by atoms with E-state index in [1.54, 1.807) is 0 Å². The van der Waals surface area contributed by atoms with Gasteiger partial charge >= 0.3 is 10.4 Å². The van der Waals surface area contributed by atoms with Gasteiger partial charge in [-0.3, -0.25) is 9.11 Å². The van der Waals surface area contributed by atoms with Gasteiger partial charge in [0, 0.05) is 13.2 Å². The average Bonchev–Trinajstić information content (AvgIpc) is 2.34. The van der Waals surface area contributed by atoms with Crippen LogP contribution in [0.2, 0.25) is 0 Å². The molecule has 0 aliphatic heterocycles. The van der Waals surface area contributed by atoms with E-state index in [0.717, 1.165) is 13.2 Å². The lowest BCUT2D eigenvalue weighted by Crippen LogP contribution is -1.92. The number of rotatable bonds is 12. The van der Waals surface area contributed by atoms with Crippen LogP contribution in [0, 0.1) is 0 Å². The largest absolute Gasteiger partial charge is 0.394 e. The van der Waals surface area contributed by atoms with E-state index in [2.05, 4.69) is 13.8 Å². The summed E-state index contributed by atoms with van der Waals surface area (Å²) in [6, 6.07) is 0. The number of unbranched alkanes of at least 4 members (excludes halogenated alkanes) is 9. The SMILES string of the molecule is CCCCCCCCCCCCOCC.O=S(=O)(O)O. The maximum atomic E-state index is 8.74. The third-order valence-corrected chi connectivity index (χ3v) is 2.85. The van der Waals surface area contributed by atoms with E-state index in [1.807, 2.05) is 0 Å². The molecule has 2 N–H and O–H groups in total. The van der Waals surface area contributed by atoms with Crippen molar-refractivity contribution in [2.24, 2.45) is 0 Å². The van der Waals surface area contributed by atoms with Crippen LogP contribution in [0.1, 0.15) is 78.1 Å². The summed E-state index contributed by atoms with van der Waals surface area (Å²) >= 11 is 0. The summed E-state index contributed by atoms with van der Waals surface area (Å²) in [4.78, 5) is 0. The molecule has 0 saturated heterocycles. The lowest BCUT2D eigenvalue weighted by molar-refractivity contribution is 0.143. The normalized spacial score (nSPS) is 11.0. The zero-order valence-electron chi connectivity index (χ0n) is 13.0. The van der Waals surface area contributed by atoms with E-state index < -0.39 is 10.4 Å². The van der Waals surface area contributed by atoms with Crippen molar-refractivity contribution in [3.63, 3.8) is 0 Å². The van der Waals surface area contributed by atoms with Crippen molar-refractivity contribution in [1.82, 2.24) is 0 Å². The molecule has 0 fully saturated rings. The smallest absolute Gasteiger partial charge is 0.382 e. The highest BCUT2D eigenvalue weighted by atomic mass is 32.3. The van der Waals surface area contributed by atoms with Gasteiger partial charge in [0.25, 0.3) is 0 Å². The van der Waals surface area contributed by atoms with Gasteiger partial charge in [-0.15, -0.1) is 0 Å². The summed E-state index contributed by atoms with van der Waals surface area (Å²) in [5, 5.41) is 0. The minimum atomic E-state index is -4.67. The van der Waals surface area contributed by atoms with Crippen LogP contribution in [0.5, 0.6) is 0 Å². The fourth-order valence-corrected chi connectivity index (χ4v) is 1.84. The molecular formula is C14H32O5S. The highest BCUT2D eigenvalue weighted by Gasteiger charge is 1.92. The zero-order chi connectivity index (χ0) is 15.7. The fourth-order valence-electron chi connectivity index (χ4n) is 1.84. The molecule has 0 heterocycles. The standard InChI is InChI=1S/C14H30O.H2O4S/c1-3-5-6-7-8-9-10-11-12-13-14-15-4-2;1-5(2,3)4/h3-14H2,1-2H3;(H2,1,2,3,4). The second kappa shape index (κ2) is 16.9. The molecule has 0 aromatic carbocycles. The Morgan fingerprint density at radius 2 is 1.10 bits per heavy atom. The maximum Gasteiger partial charge on any atom is 0.394 e. The lowest BCUT2D eigenvalue weighted by Gasteiger charge is -2.02. The molecule has 0 aromatic rings. The number of ether oxygens (including phenoxy) is 1. The molecule has 0 amide bonds. The molecule has 0 atom stereocenters. The first-order valence-corrected chi connectivity index (χ1v) is 9.09. The Hall–Kier alpha value is -0.170. The predicted molar refractivity (Wildman–Crippen MR) is 82.5 cm³/mol. The van der Waals surface area contributed by atoms with E-state index in [-0.39, 0.29) is 0 Å². The minimum Gasteiger partial charge on any atom is -0.382 e. The van der Waals surface area contributed by atoms with Crippen molar-refractivity contribution in [1.29, 1.82) is 0 Å². The third-order valence-electron chi connectivity index (χ3n) is 2.85. The van der Waals surface area contributed by atoms with Crippen LogP contribution in [-0.4, -0.2) is 30.7 Å². The molecule has 5 nitrogen and oxygen atoms in total. The van der Waals surface area contributed by atoms with Crippen LogP contribution in [0.25, 0.3) is 0 Å². The summed E-state index contributed by atoms with van der Waals surface area (Å²) in [5.74, 6) is 0. The first-order chi connectivity index (χ1) is 9.41. The van der Waals surface area contributed by atoms with E-state index in [1.165, 1.54) is 64.2 Å². The molecule has 0 bridgehead atoms. The Bertz CT molecular complexity index is 245. The van der Waals surface area contributed by atoms with Crippen molar-refractivity contribution in [3.8, 4) is 0 Å². The van der Waals surface area contributed by atoms with Crippen molar-refractivity contribution >= 4 is 10.4 Å². The van der Waals surface area contributed by atoms with Crippen LogP contribution in [0.4, 0.5) is 0 Å². The molecule has 0 aliphatic rings. The highest BCUT2D eigenvalue weighted by Crippen LogP contribution is 2.10. The maximum absolute atomic E-state index is 8.74. The van der Waals surface area contributed by atoms with Gasteiger partial charge in [-0.05, 0) is 13.3 Å². The summed E-state index contributed by atoms with van der Waals surface area (Å²) in [6.07, 6.45) is 14.0. The summed E-state index contributed by atoms with van der Waals surface area (Å²) in [7, 11) is -4.67. The quantitative estimate of drug-likeness (QED) is 0.415. The highest BCUT2D eigenvalue weighted by molar-refractivity contribution is 7.79. The van der Waals surface area contributed by atoms with Crippen molar-refractivity contribution in [3.05, 3.63) is 0 Å². The van der Waals surface area contributed by atoms with Gasteiger partial charge in [-0.2, -0.15) is 8.42 Å². The van der Waals surface area contributed by atoms with Crippen LogP contribution >= 0.6 is 0 Å². The molecule has 20 heavy (non-hydrogen) atoms. The van der Waals surface area contributed by atoms with Crippen LogP contribution < -0.4 is 0 Å². The van der Waals surface area contributed by atoms with Crippen molar-refractivity contribution < 1.29 is 22.3 Å². The third kappa shape index (κ3) is 36.1. The molecule has 0 aliphatic carbocycles. The topological polar surface area (TPSA) is 83.8 Å². The Kier molecular flexibility index (Phi) is 18.7. The van der Waals surface area contributed by atoms with E-state index in [4.69, 9.17) is 22.3 Å². The molecule has 124 valence electrons. The first kappa shape index (κ1) is 22.1. The van der Waals surface area contributed by atoms with Gasteiger partial charge < -0.3 is 4.74 Å². The minimum absolute atomic E-state index is 0.872. The molecule has 0 unspecified atom stereocenters. The van der Waals surface area contributed by atoms with E-state index in [9.17, 15) is 0 Å². The van der Waals surface area contributed by atoms with Crippen LogP contribution in [0.15, 0.2) is 0 Å². The fraction of sp³-hybridized carbons (Fsp3) is 1.00. The summed E-state index contributed by atoms with van der Waals surface area (Å²) < 4.78 is 36.9. The summed E-state index contributed by atoms with van der Waals surface area (Å²) in [5.41, 5.74) is 0. The molecule has 0 radical (unpaired) electrons. The van der Waals surface area contributed by atoms with Gasteiger partial charge in [-0.25, -0.2) is 0 Å². The van der Waals surface area contributed by atoms with Crippen molar-refractivity contribution in [2.75, 3.05) is 13.2 Å². The molecule has 0 saturated carbocycles. The van der Waals surface area contributed by atoms with E-state index >= 15 is 0 Å². The van der Waals surface area contributed by atoms with Gasteiger partial charge in [0.2, 0.25) is 0 Å². The number of hydrogen-bond acceptors (Lipinski definition) is 3. The molecule has 0 aromatic heterocycles. The van der Waals surface area contributed by atoms with Gasteiger partial charge in [0.1, 0.15) is 0 Å². The Morgan fingerprint density at radius 1 is 0.750 bits per heavy atom. The van der Waals surface area contributed by atoms with E-state index in [0.29, 0.717) is 0 Å². The van der Waals surface area contributed by atoms with Crippen molar-refractivity contribution in [2.45, 2.75) is 78.1 Å². The predicted octanol–water partition coefficient (Wildman–Crippen LogP) is 4.29. The average molecular weight is 312 g/mol.